The van der Waals surface area contributed by atoms with Gasteiger partial charge in [-0.15, -0.1) is 0 Å². The van der Waals surface area contributed by atoms with Gasteiger partial charge in [0.2, 0.25) is 0 Å². The van der Waals surface area contributed by atoms with E-state index < -0.39 is 0 Å². The summed E-state index contributed by atoms with van der Waals surface area (Å²) in [5.41, 5.74) is 11.2. The molecule has 0 bridgehead atoms. The van der Waals surface area contributed by atoms with Crippen molar-refractivity contribution in [1.29, 1.82) is 0 Å². The summed E-state index contributed by atoms with van der Waals surface area (Å²) in [5, 5.41) is 7.22. The lowest BCUT2D eigenvalue weighted by molar-refractivity contribution is 1.40. The summed E-state index contributed by atoms with van der Waals surface area (Å²) in [7, 11) is 0. The zero-order valence-corrected chi connectivity index (χ0v) is 25.1. The number of benzene rings is 7. The third-order valence-electron chi connectivity index (χ3n) is 9.12. The topological polar surface area (TPSA) is 25.8 Å². The van der Waals surface area contributed by atoms with Gasteiger partial charge < -0.3 is 0 Å². The van der Waals surface area contributed by atoms with E-state index in [0.717, 1.165) is 33.2 Å². The average molecular weight is 585 g/mol. The Labute approximate surface area is 267 Å². The van der Waals surface area contributed by atoms with Gasteiger partial charge in [0.15, 0.2) is 0 Å². The predicted molar refractivity (Wildman–Crippen MR) is 194 cm³/mol. The second-order valence-electron chi connectivity index (χ2n) is 11.8. The Morgan fingerprint density at radius 1 is 0.370 bits per heavy atom. The molecule has 0 spiro atoms. The molecule has 0 saturated carbocycles. The SMILES string of the molecule is c1ccc(-c2cc(-c3ccc(-c4ccc(-c5cccc6cccnc56)c5ccccc45)cc3)c3c(ccc4ccccc43)n2)cc1. The fraction of sp³-hybridized carbons (Fsp3) is 0. The predicted octanol–water partition coefficient (Wildman–Crippen LogP) is 11.8. The van der Waals surface area contributed by atoms with Gasteiger partial charge in [0.1, 0.15) is 0 Å². The van der Waals surface area contributed by atoms with Crippen molar-refractivity contribution < 1.29 is 0 Å². The number of pyridine rings is 2. The summed E-state index contributed by atoms with van der Waals surface area (Å²) >= 11 is 0. The lowest BCUT2D eigenvalue weighted by Gasteiger charge is -2.15. The highest BCUT2D eigenvalue weighted by atomic mass is 14.7. The summed E-state index contributed by atoms with van der Waals surface area (Å²) in [4.78, 5) is 9.87. The molecule has 0 radical (unpaired) electrons. The van der Waals surface area contributed by atoms with Crippen LogP contribution in [0.2, 0.25) is 0 Å². The van der Waals surface area contributed by atoms with E-state index in [0.29, 0.717) is 0 Å². The fourth-order valence-electron chi connectivity index (χ4n) is 6.93. The Kier molecular flexibility index (Phi) is 6.17. The molecule has 7 aromatic carbocycles. The summed E-state index contributed by atoms with van der Waals surface area (Å²) < 4.78 is 0. The van der Waals surface area contributed by atoms with Crippen molar-refractivity contribution in [3.8, 4) is 44.6 Å². The van der Waals surface area contributed by atoms with Gasteiger partial charge in [0, 0.05) is 28.1 Å². The van der Waals surface area contributed by atoms with Gasteiger partial charge in [-0.1, -0.05) is 146 Å². The largest absolute Gasteiger partial charge is 0.256 e. The Balaban J connectivity index is 1.20. The molecule has 0 aliphatic rings. The van der Waals surface area contributed by atoms with Gasteiger partial charge in [-0.3, -0.25) is 4.98 Å². The van der Waals surface area contributed by atoms with Crippen molar-refractivity contribution in [3.05, 3.63) is 170 Å². The molecular formula is C44H28N2. The minimum atomic E-state index is 0.979. The molecule has 0 unspecified atom stereocenters. The molecule has 2 aromatic heterocycles. The number of hydrogen-bond acceptors (Lipinski definition) is 2. The molecule has 9 aromatic rings. The molecule has 9 rings (SSSR count). The van der Waals surface area contributed by atoms with E-state index in [9.17, 15) is 0 Å². The number of rotatable bonds is 4. The third-order valence-corrected chi connectivity index (χ3v) is 9.12. The molecule has 46 heavy (non-hydrogen) atoms. The van der Waals surface area contributed by atoms with Crippen molar-refractivity contribution in [1.82, 2.24) is 9.97 Å². The van der Waals surface area contributed by atoms with Crippen molar-refractivity contribution in [2.24, 2.45) is 0 Å². The maximum atomic E-state index is 5.13. The fourth-order valence-corrected chi connectivity index (χ4v) is 6.93. The van der Waals surface area contributed by atoms with Gasteiger partial charge in [0.25, 0.3) is 0 Å². The molecule has 0 aliphatic carbocycles. The van der Waals surface area contributed by atoms with Gasteiger partial charge in [-0.2, -0.15) is 0 Å². The number of fused-ring (bicyclic) bond motifs is 5. The van der Waals surface area contributed by atoms with Crippen molar-refractivity contribution in [3.63, 3.8) is 0 Å². The van der Waals surface area contributed by atoms with Crippen LogP contribution in [0.25, 0.3) is 88.0 Å². The molecule has 0 atom stereocenters. The van der Waals surface area contributed by atoms with Crippen LogP contribution < -0.4 is 0 Å². The number of hydrogen-bond donors (Lipinski definition) is 0. The maximum Gasteiger partial charge on any atom is 0.0780 e. The minimum absolute atomic E-state index is 0.979. The molecule has 0 N–H and O–H groups in total. The zero-order chi connectivity index (χ0) is 30.5. The van der Waals surface area contributed by atoms with Crippen LogP contribution >= 0.6 is 0 Å². The van der Waals surface area contributed by atoms with E-state index >= 15 is 0 Å². The number of aromatic nitrogens is 2. The van der Waals surface area contributed by atoms with Crippen LogP contribution in [0.5, 0.6) is 0 Å². The molecule has 214 valence electrons. The Morgan fingerprint density at radius 2 is 1.02 bits per heavy atom. The van der Waals surface area contributed by atoms with Gasteiger partial charge >= 0.3 is 0 Å². The van der Waals surface area contributed by atoms with E-state index in [1.54, 1.807) is 0 Å². The van der Waals surface area contributed by atoms with Crippen LogP contribution in [0.15, 0.2) is 170 Å². The Hall–Kier alpha value is -6.12. The first-order valence-electron chi connectivity index (χ1n) is 15.7. The highest BCUT2D eigenvalue weighted by Crippen LogP contribution is 2.40. The summed E-state index contributed by atoms with van der Waals surface area (Å²) in [6.45, 7) is 0. The Bertz CT molecular complexity index is 2560. The van der Waals surface area contributed by atoms with E-state index in [4.69, 9.17) is 9.97 Å². The van der Waals surface area contributed by atoms with Gasteiger partial charge in [0.05, 0.1) is 16.7 Å². The standard InChI is InChI=1S/C44H28N2/c1-2-11-32(12-3-1)42-28-40(43-35-15-5-4-10-29(35)23-26-41(43)46-42)31-21-19-30(20-22-31)34-24-25-38(37-17-7-6-16-36(34)37)39-18-8-13-33-14-9-27-45-44(33)39/h1-28H. The molecular weight excluding hydrogens is 556 g/mol. The first-order valence-corrected chi connectivity index (χ1v) is 15.7. The minimum Gasteiger partial charge on any atom is -0.256 e. The molecule has 0 saturated heterocycles. The summed E-state index contributed by atoms with van der Waals surface area (Å²) in [6, 6.07) is 58.4. The molecule has 0 aliphatic heterocycles. The molecule has 0 fully saturated rings. The lowest BCUT2D eigenvalue weighted by Crippen LogP contribution is -1.92. The molecule has 0 amide bonds. The van der Waals surface area contributed by atoms with Crippen LogP contribution in [0.1, 0.15) is 0 Å². The summed E-state index contributed by atoms with van der Waals surface area (Å²) in [6.07, 6.45) is 1.88. The van der Waals surface area contributed by atoms with E-state index in [-0.39, 0.29) is 0 Å². The van der Waals surface area contributed by atoms with Crippen LogP contribution in [-0.2, 0) is 0 Å². The third kappa shape index (κ3) is 4.35. The number of para-hydroxylation sites is 1. The van der Waals surface area contributed by atoms with E-state index in [1.807, 2.05) is 18.3 Å². The monoisotopic (exact) mass is 584 g/mol. The summed E-state index contributed by atoms with van der Waals surface area (Å²) in [5.74, 6) is 0. The van der Waals surface area contributed by atoms with Gasteiger partial charge in [-0.25, -0.2) is 4.98 Å². The molecule has 2 heterocycles. The van der Waals surface area contributed by atoms with Crippen molar-refractivity contribution in [2.45, 2.75) is 0 Å². The smallest absolute Gasteiger partial charge is 0.0780 e. The maximum absolute atomic E-state index is 5.13. The van der Waals surface area contributed by atoms with Crippen LogP contribution in [0.3, 0.4) is 0 Å². The number of nitrogens with zero attached hydrogens (tertiary/aromatic N) is 2. The Morgan fingerprint density at radius 3 is 1.85 bits per heavy atom. The second-order valence-corrected chi connectivity index (χ2v) is 11.8. The van der Waals surface area contributed by atoms with Gasteiger partial charge in [-0.05, 0) is 67.6 Å². The van der Waals surface area contributed by atoms with Crippen molar-refractivity contribution >= 4 is 43.4 Å². The average Bonchev–Trinajstić information content (AvgIpc) is 3.14. The van der Waals surface area contributed by atoms with Crippen LogP contribution in [-0.4, -0.2) is 9.97 Å². The van der Waals surface area contributed by atoms with Crippen LogP contribution in [0, 0.1) is 0 Å². The first-order chi connectivity index (χ1) is 22.8. The highest BCUT2D eigenvalue weighted by Gasteiger charge is 2.15. The first kappa shape index (κ1) is 26.3. The second kappa shape index (κ2) is 10.8. The van der Waals surface area contributed by atoms with Crippen LogP contribution in [0.4, 0.5) is 0 Å². The molecule has 2 nitrogen and oxygen atoms in total. The highest BCUT2D eigenvalue weighted by molar-refractivity contribution is 6.14. The zero-order valence-electron chi connectivity index (χ0n) is 25.1. The molecule has 2 heteroatoms. The lowest BCUT2D eigenvalue weighted by atomic mass is 9.90. The van der Waals surface area contributed by atoms with E-state index in [2.05, 4.69) is 152 Å². The quantitative estimate of drug-likeness (QED) is 0.192. The van der Waals surface area contributed by atoms with Crippen molar-refractivity contribution in [2.75, 3.05) is 0 Å². The van der Waals surface area contributed by atoms with E-state index in [1.165, 1.54) is 54.7 Å². The normalized spacial score (nSPS) is 11.5.